The first-order chi connectivity index (χ1) is 8.11. The number of hydrogen-bond acceptors (Lipinski definition) is 4. The number of nitrogen functional groups attached to an aromatic ring is 1. The fraction of sp³-hybridized carbons (Fsp3) is 0.417. The Morgan fingerprint density at radius 2 is 2.29 bits per heavy atom. The lowest BCUT2D eigenvalue weighted by atomic mass is 10.3. The average Bonchev–Trinajstić information content (AvgIpc) is 3.11. The van der Waals surface area contributed by atoms with E-state index in [9.17, 15) is 4.79 Å². The third-order valence-electron chi connectivity index (χ3n) is 2.77. The predicted molar refractivity (Wildman–Crippen MR) is 67.4 cm³/mol. The van der Waals surface area contributed by atoms with Crippen molar-refractivity contribution >= 4 is 23.4 Å². The van der Waals surface area contributed by atoms with Gasteiger partial charge in [0.05, 0.1) is 7.11 Å². The molecule has 0 bridgehead atoms. The maximum Gasteiger partial charge on any atom is 0.317 e. The lowest BCUT2D eigenvalue weighted by Gasteiger charge is -2.13. The van der Waals surface area contributed by atoms with Crippen molar-refractivity contribution in [3.8, 4) is 5.75 Å². The van der Waals surface area contributed by atoms with E-state index in [-0.39, 0.29) is 5.92 Å². The molecule has 0 saturated heterocycles. The van der Waals surface area contributed by atoms with E-state index in [1.807, 2.05) is 0 Å². The Morgan fingerprint density at radius 1 is 1.59 bits per heavy atom. The van der Waals surface area contributed by atoms with Gasteiger partial charge in [-0.15, -0.1) is 11.8 Å². The first-order valence-corrected chi connectivity index (χ1v) is 6.32. The minimum Gasteiger partial charge on any atom is -0.497 e. The Morgan fingerprint density at radius 3 is 2.82 bits per heavy atom. The number of rotatable bonds is 5. The van der Waals surface area contributed by atoms with Gasteiger partial charge in [0.2, 0.25) is 0 Å². The molecule has 92 valence electrons. The number of methoxy groups -OCH3 is 1. The second-order valence-corrected chi connectivity index (χ2v) is 5.30. The zero-order chi connectivity index (χ0) is 12.4. The molecule has 1 aromatic rings. The molecule has 1 fully saturated rings. The maximum atomic E-state index is 11.2. The third-order valence-corrected chi connectivity index (χ3v) is 4.22. The van der Waals surface area contributed by atoms with E-state index in [1.54, 1.807) is 25.3 Å². The average molecular weight is 253 g/mol. The largest absolute Gasteiger partial charge is 0.497 e. The Kier molecular flexibility index (Phi) is 3.47. The van der Waals surface area contributed by atoms with Crippen LogP contribution in [-0.2, 0) is 4.79 Å². The van der Waals surface area contributed by atoms with E-state index in [0.29, 0.717) is 11.4 Å². The van der Waals surface area contributed by atoms with Crippen molar-refractivity contribution in [2.24, 2.45) is 5.92 Å². The van der Waals surface area contributed by atoms with Crippen LogP contribution in [0.15, 0.2) is 23.1 Å². The SMILES string of the molecule is COc1ccc(N)c(SC(C(=O)O)C2CC2)c1. The lowest BCUT2D eigenvalue weighted by molar-refractivity contribution is -0.136. The number of aliphatic carboxylic acids is 1. The summed E-state index contributed by atoms with van der Waals surface area (Å²) in [4.78, 5) is 11.9. The van der Waals surface area contributed by atoms with Crippen LogP contribution in [0.5, 0.6) is 5.75 Å². The van der Waals surface area contributed by atoms with Crippen molar-refractivity contribution < 1.29 is 14.6 Å². The topological polar surface area (TPSA) is 72.5 Å². The van der Waals surface area contributed by atoms with Crippen LogP contribution in [0.2, 0.25) is 0 Å². The summed E-state index contributed by atoms with van der Waals surface area (Å²) >= 11 is 1.32. The molecule has 2 rings (SSSR count). The van der Waals surface area contributed by atoms with Gasteiger partial charge in [0.15, 0.2) is 0 Å². The molecule has 1 unspecified atom stereocenters. The number of carboxylic acid groups (broad SMARTS) is 1. The van der Waals surface area contributed by atoms with Gasteiger partial charge in [-0.2, -0.15) is 0 Å². The summed E-state index contributed by atoms with van der Waals surface area (Å²) in [6, 6.07) is 5.30. The highest BCUT2D eigenvalue weighted by atomic mass is 32.2. The van der Waals surface area contributed by atoms with Crippen LogP contribution in [0.25, 0.3) is 0 Å². The van der Waals surface area contributed by atoms with E-state index < -0.39 is 11.2 Å². The maximum absolute atomic E-state index is 11.2. The molecule has 17 heavy (non-hydrogen) atoms. The van der Waals surface area contributed by atoms with Gasteiger partial charge in [-0.3, -0.25) is 4.79 Å². The highest BCUT2D eigenvalue weighted by Crippen LogP contribution is 2.43. The standard InChI is InChI=1S/C12H15NO3S/c1-16-8-4-5-9(13)10(6-8)17-11(12(14)15)7-2-3-7/h4-7,11H,2-3,13H2,1H3,(H,14,15). The minimum atomic E-state index is -0.764. The molecule has 0 aliphatic heterocycles. The molecule has 0 amide bonds. The first-order valence-electron chi connectivity index (χ1n) is 5.45. The number of carboxylic acids is 1. The van der Waals surface area contributed by atoms with Gasteiger partial charge in [-0.05, 0) is 37.0 Å². The third kappa shape index (κ3) is 2.85. The minimum absolute atomic E-state index is 0.281. The molecule has 1 aliphatic rings. The molecule has 0 aromatic heterocycles. The molecule has 1 saturated carbocycles. The van der Waals surface area contributed by atoms with Gasteiger partial charge in [0, 0.05) is 10.6 Å². The van der Waals surface area contributed by atoms with Crippen molar-refractivity contribution in [3.63, 3.8) is 0 Å². The normalized spacial score (nSPS) is 16.5. The molecule has 1 aromatic carbocycles. The second-order valence-electron chi connectivity index (χ2n) is 4.12. The Labute approximate surface area is 104 Å². The van der Waals surface area contributed by atoms with Crippen LogP contribution in [0, 0.1) is 5.92 Å². The smallest absolute Gasteiger partial charge is 0.317 e. The number of ether oxygens (including phenoxy) is 1. The number of carbonyl (C=O) groups is 1. The highest BCUT2D eigenvalue weighted by molar-refractivity contribution is 8.00. The van der Waals surface area contributed by atoms with E-state index in [0.717, 1.165) is 17.7 Å². The van der Waals surface area contributed by atoms with Crippen molar-refractivity contribution in [2.45, 2.75) is 23.0 Å². The zero-order valence-corrected chi connectivity index (χ0v) is 10.4. The Bertz CT molecular complexity index is 432. The van der Waals surface area contributed by atoms with Crippen molar-refractivity contribution in [1.29, 1.82) is 0 Å². The summed E-state index contributed by atoms with van der Waals surface area (Å²) in [5.41, 5.74) is 6.44. The van der Waals surface area contributed by atoms with Gasteiger partial charge in [-0.25, -0.2) is 0 Å². The zero-order valence-electron chi connectivity index (χ0n) is 9.55. The van der Waals surface area contributed by atoms with Crippen LogP contribution >= 0.6 is 11.8 Å². The molecule has 1 atom stereocenters. The summed E-state index contributed by atoms with van der Waals surface area (Å²) in [6.45, 7) is 0. The summed E-state index contributed by atoms with van der Waals surface area (Å²) in [6.07, 6.45) is 1.99. The molecule has 0 radical (unpaired) electrons. The van der Waals surface area contributed by atoms with Crippen LogP contribution < -0.4 is 10.5 Å². The Hall–Kier alpha value is -1.36. The van der Waals surface area contributed by atoms with Gasteiger partial charge < -0.3 is 15.6 Å². The van der Waals surface area contributed by atoms with Crippen LogP contribution in [0.3, 0.4) is 0 Å². The van der Waals surface area contributed by atoms with Gasteiger partial charge in [0.25, 0.3) is 0 Å². The van der Waals surface area contributed by atoms with Gasteiger partial charge in [-0.1, -0.05) is 0 Å². The van der Waals surface area contributed by atoms with E-state index in [1.165, 1.54) is 11.8 Å². The summed E-state index contributed by atoms with van der Waals surface area (Å²) in [7, 11) is 1.58. The van der Waals surface area contributed by atoms with Crippen LogP contribution in [0.4, 0.5) is 5.69 Å². The van der Waals surface area contributed by atoms with E-state index in [2.05, 4.69) is 0 Å². The molecule has 0 spiro atoms. The van der Waals surface area contributed by atoms with Crippen molar-refractivity contribution in [3.05, 3.63) is 18.2 Å². The number of nitrogens with two attached hydrogens (primary N) is 1. The lowest BCUT2D eigenvalue weighted by Crippen LogP contribution is -2.18. The van der Waals surface area contributed by atoms with E-state index in [4.69, 9.17) is 15.6 Å². The van der Waals surface area contributed by atoms with Gasteiger partial charge >= 0.3 is 5.97 Å². The van der Waals surface area contributed by atoms with Crippen molar-refractivity contribution in [1.82, 2.24) is 0 Å². The molecule has 1 aliphatic carbocycles. The number of hydrogen-bond donors (Lipinski definition) is 2. The number of benzene rings is 1. The highest BCUT2D eigenvalue weighted by Gasteiger charge is 2.37. The monoisotopic (exact) mass is 253 g/mol. The number of anilines is 1. The van der Waals surface area contributed by atoms with Crippen LogP contribution in [-0.4, -0.2) is 23.4 Å². The quantitative estimate of drug-likeness (QED) is 0.622. The van der Waals surface area contributed by atoms with Gasteiger partial charge in [0.1, 0.15) is 11.0 Å². The molecule has 5 heteroatoms. The second kappa shape index (κ2) is 4.87. The molecule has 0 heterocycles. The summed E-state index contributed by atoms with van der Waals surface area (Å²) in [5.74, 6) is 0.212. The summed E-state index contributed by atoms with van der Waals surface area (Å²) in [5, 5.41) is 8.77. The summed E-state index contributed by atoms with van der Waals surface area (Å²) < 4.78 is 5.11. The van der Waals surface area contributed by atoms with E-state index >= 15 is 0 Å². The molecule has 4 nitrogen and oxygen atoms in total. The fourth-order valence-corrected chi connectivity index (χ4v) is 2.86. The van der Waals surface area contributed by atoms with Crippen LogP contribution in [0.1, 0.15) is 12.8 Å². The first kappa shape index (κ1) is 12.1. The molecular weight excluding hydrogens is 238 g/mol. The predicted octanol–water partition coefficient (Wildman–Crippen LogP) is 2.23. The Balaban J connectivity index is 2.18. The fourth-order valence-electron chi connectivity index (χ4n) is 1.63. The molecule has 3 N–H and O–H groups in total. The van der Waals surface area contributed by atoms with Crippen molar-refractivity contribution in [2.75, 3.05) is 12.8 Å². The number of thioether (sulfide) groups is 1. The molecular formula is C12H15NO3S.